The molecule has 0 fully saturated rings. The summed E-state index contributed by atoms with van der Waals surface area (Å²) < 4.78 is 0. The highest BCUT2D eigenvalue weighted by Crippen LogP contribution is 2.62. The van der Waals surface area contributed by atoms with E-state index in [9.17, 15) is 9.59 Å². The minimum atomic E-state index is 0.0483. The third kappa shape index (κ3) is 1.93. The van der Waals surface area contributed by atoms with Gasteiger partial charge in [0.1, 0.15) is 5.78 Å². The largest absolute Gasteiger partial charge is 0.300 e. The van der Waals surface area contributed by atoms with Crippen molar-refractivity contribution in [1.82, 2.24) is 0 Å². The fraction of sp³-hybridized carbons (Fsp3) is 0.619. The predicted molar refractivity (Wildman–Crippen MR) is 90.9 cm³/mol. The second-order valence-electron chi connectivity index (χ2n) is 8.36. The van der Waals surface area contributed by atoms with Gasteiger partial charge in [0.05, 0.1) is 0 Å². The Morgan fingerprint density at radius 3 is 2.65 bits per heavy atom. The van der Waals surface area contributed by atoms with Crippen molar-refractivity contribution in [3.63, 3.8) is 0 Å². The van der Waals surface area contributed by atoms with Crippen LogP contribution in [0.25, 0.3) is 0 Å². The molecule has 0 radical (unpaired) electrons. The van der Waals surface area contributed by atoms with Crippen LogP contribution in [0.1, 0.15) is 65.7 Å². The zero-order chi connectivity index (χ0) is 16.4. The van der Waals surface area contributed by atoms with Crippen molar-refractivity contribution in [3.05, 3.63) is 34.4 Å². The van der Waals surface area contributed by atoms with Crippen molar-refractivity contribution in [2.45, 2.75) is 65.7 Å². The molecule has 0 aromatic heterocycles. The van der Waals surface area contributed by atoms with E-state index in [0.29, 0.717) is 18.0 Å². The van der Waals surface area contributed by atoms with Gasteiger partial charge < -0.3 is 0 Å². The lowest BCUT2D eigenvalue weighted by Gasteiger charge is -2.49. The number of rotatable bonds is 1. The van der Waals surface area contributed by atoms with E-state index in [0.717, 1.165) is 38.5 Å². The van der Waals surface area contributed by atoms with Crippen LogP contribution < -0.4 is 0 Å². The first-order valence-electron chi connectivity index (χ1n) is 9.04. The Hall–Kier alpha value is -1.44. The maximum atomic E-state index is 12.1. The predicted octanol–water partition coefficient (Wildman–Crippen LogP) is 4.71. The molecule has 0 amide bonds. The highest BCUT2D eigenvalue weighted by molar-refractivity contribution is 5.92. The van der Waals surface area contributed by atoms with E-state index >= 15 is 0 Å². The number of ketones is 2. The second kappa shape index (κ2) is 4.78. The Balaban J connectivity index is 1.80. The molecule has 2 heteroatoms. The maximum absolute atomic E-state index is 12.1. The molecule has 2 nitrogen and oxygen atoms in total. The van der Waals surface area contributed by atoms with E-state index in [1.807, 2.05) is 6.08 Å². The van der Waals surface area contributed by atoms with Crippen LogP contribution in [0, 0.1) is 16.7 Å². The molecule has 3 atom stereocenters. The lowest BCUT2D eigenvalue weighted by Crippen LogP contribution is -2.39. The normalized spacial score (nSPS) is 39.3. The number of hydrogen-bond donors (Lipinski definition) is 0. The molecule has 0 aromatic rings. The molecular formula is C21H26O2. The highest BCUT2D eigenvalue weighted by atomic mass is 16.1. The molecule has 23 heavy (non-hydrogen) atoms. The summed E-state index contributed by atoms with van der Waals surface area (Å²) in [6.45, 7) is 6.41. The van der Waals surface area contributed by atoms with Crippen LogP contribution in [0.3, 0.4) is 0 Å². The Kier molecular flexibility index (Phi) is 3.14. The van der Waals surface area contributed by atoms with Gasteiger partial charge in [-0.3, -0.25) is 9.59 Å². The SMILES string of the molecule is CC(=O)[C@H]1CC=C2C3=C(CC[C@@]21C)[C@@]1(C)CCC(=O)C=C1CC3. The average molecular weight is 310 g/mol. The first-order chi connectivity index (χ1) is 10.9. The van der Waals surface area contributed by atoms with Gasteiger partial charge in [0.15, 0.2) is 5.78 Å². The lowest BCUT2D eigenvalue weighted by molar-refractivity contribution is -0.123. The summed E-state index contributed by atoms with van der Waals surface area (Å²) in [6, 6.07) is 0. The standard InChI is InChI=1S/C21H26O2/c1-13(22)17-6-7-18-16-5-4-14-12-15(23)8-10-20(14,2)19(16)9-11-21(17,18)3/h7,12,17H,4-6,8-11H2,1-3H3/t17-,20+,21-/m1/s1. The van der Waals surface area contributed by atoms with Crippen LogP contribution >= 0.6 is 0 Å². The van der Waals surface area contributed by atoms with Crippen LogP contribution in [0.4, 0.5) is 0 Å². The number of carbonyl (C=O) groups excluding carboxylic acids is 2. The van der Waals surface area contributed by atoms with Crippen LogP contribution in [0.15, 0.2) is 34.4 Å². The first kappa shape index (κ1) is 15.1. The summed E-state index contributed by atoms with van der Waals surface area (Å²) in [7, 11) is 0. The highest BCUT2D eigenvalue weighted by Gasteiger charge is 2.51. The molecular weight excluding hydrogens is 284 g/mol. The summed E-state index contributed by atoms with van der Waals surface area (Å²) in [5, 5.41) is 0. The van der Waals surface area contributed by atoms with Gasteiger partial charge in [-0.05, 0) is 62.7 Å². The summed E-state index contributed by atoms with van der Waals surface area (Å²) in [5.74, 6) is 0.816. The smallest absolute Gasteiger partial charge is 0.155 e. The summed E-state index contributed by atoms with van der Waals surface area (Å²) in [6.07, 6.45) is 11.1. The van der Waals surface area contributed by atoms with Crippen LogP contribution in [-0.4, -0.2) is 11.6 Å². The molecule has 4 rings (SSSR count). The van der Waals surface area contributed by atoms with E-state index in [1.54, 1.807) is 12.5 Å². The second-order valence-corrected chi connectivity index (χ2v) is 8.36. The van der Waals surface area contributed by atoms with Gasteiger partial charge in [-0.2, -0.15) is 0 Å². The minimum Gasteiger partial charge on any atom is -0.300 e. The molecule has 0 aromatic carbocycles. The molecule has 4 aliphatic rings. The number of allylic oxidation sites excluding steroid dienone is 6. The van der Waals surface area contributed by atoms with Crippen molar-refractivity contribution in [3.8, 4) is 0 Å². The van der Waals surface area contributed by atoms with E-state index < -0.39 is 0 Å². The zero-order valence-electron chi connectivity index (χ0n) is 14.5. The van der Waals surface area contributed by atoms with Crippen molar-refractivity contribution >= 4 is 11.6 Å². The Bertz CT molecular complexity index is 705. The Labute approximate surface area is 138 Å². The van der Waals surface area contributed by atoms with E-state index in [-0.39, 0.29) is 16.7 Å². The zero-order valence-corrected chi connectivity index (χ0v) is 14.5. The third-order valence-corrected chi connectivity index (χ3v) is 7.24. The molecule has 0 saturated heterocycles. The average Bonchev–Trinajstić information content (AvgIpc) is 2.85. The molecule has 122 valence electrons. The van der Waals surface area contributed by atoms with Gasteiger partial charge in [0.2, 0.25) is 0 Å². The molecule has 0 spiro atoms. The van der Waals surface area contributed by atoms with Gasteiger partial charge in [-0.15, -0.1) is 0 Å². The lowest BCUT2D eigenvalue weighted by atomic mass is 9.55. The van der Waals surface area contributed by atoms with Crippen LogP contribution in [0.2, 0.25) is 0 Å². The number of carbonyl (C=O) groups is 2. The minimum absolute atomic E-state index is 0.0483. The molecule has 0 saturated carbocycles. The van der Waals surface area contributed by atoms with Crippen LogP contribution in [0.5, 0.6) is 0 Å². The molecule has 0 unspecified atom stereocenters. The Morgan fingerprint density at radius 1 is 1.13 bits per heavy atom. The quantitative estimate of drug-likeness (QED) is 0.703. The monoisotopic (exact) mass is 310 g/mol. The van der Waals surface area contributed by atoms with Gasteiger partial charge in [-0.1, -0.05) is 31.1 Å². The van der Waals surface area contributed by atoms with Gasteiger partial charge >= 0.3 is 0 Å². The van der Waals surface area contributed by atoms with E-state index in [4.69, 9.17) is 0 Å². The van der Waals surface area contributed by atoms with Crippen LogP contribution in [-0.2, 0) is 9.59 Å². The number of Topliss-reactive ketones (excluding diaryl/α,β-unsaturated/α-hetero) is 1. The van der Waals surface area contributed by atoms with E-state index in [2.05, 4.69) is 19.9 Å². The molecule has 0 aliphatic heterocycles. The molecule has 0 heterocycles. The molecule has 0 bridgehead atoms. The van der Waals surface area contributed by atoms with Crippen molar-refractivity contribution in [1.29, 1.82) is 0 Å². The van der Waals surface area contributed by atoms with Crippen molar-refractivity contribution in [2.75, 3.05) is 0 Å². The van der Waals surface area contributed by atoms with Crippen molar-refractivity contribution < 1.29 is 9.59 Å². The summed E-state index contributed by atoms with van der Waals surface area (Å²) >= 11 is 0. The first-order valence-corrected chi connectivity index (χ1v) is 9.04. The van der Waals surface area contributed by atoms with Gasteiger partial charge in [-0.25, -0.2) is 0 Å². The van der Waals surface area contributed by atoms with E-state index in [1.165, 1.54) is 16.7 Å². The number of fused-ring (bicyclic) bond motifs is 4. The number of hydrogen-bond acceptors (Lipinski definition) is 2. The molecule has 4 aliphatic carbocycles. The third-order valence-electron chi connectivity index (χ3n) is 7.24. The van der Waals surface area contributed by atoms with Gasteiger partial charge in [0.25, 0.3) is 0 Å². The topological polar surface area (TPSA) is 34.1 Å². The fourth-order valence-electron chi connectivity index (χ4n) is 5.81. The molecule has 0 N–H and O–H groups in total. The maximum Gasteiger partial charge on any atom is 0.155 e. The fourth-order valence-corrected chi connectivity index (χ4v) is 5.81. The summed E-state index contributed by atoms with van der Waals surface area (Å²) in [4.78, 5) is 23.9. The summed E-state index contributed by atoms with van der Waals surface area (Å²) in [5.41, 5.74) is 6.09. The van der Waals surface area contributed by atoms with Crippen molar-refractivity contribution in [2.24, 2.45) is 16.7 Å². The van der Waals surface area contributed by atoms with Gasteiger partial charge in [0, 0.05) is 23.2 Å². The Morgan fingerprint density at radius 2 is 1.91 bits per heavy atom.